The second kappa shape index (κ2) is 12.3. The highest BCUT2D eigenvalue weighted by Gasteiger charge is 2.23. The number of carbonyl (C=O) groups excluding carboxylic acids is 1. The highest BCUT2D eigenvalue weighted by atomic mass is 32.2. The number of thioether (sulfide) groups is 1. The Hall–Kier alpha value is -3.85. The van der Waals surface area contributed by atoms with Crippen molar-refractivity contribution in [1.82, 2.24) is 19.7 Å². The van der Waals surface area contributed by atoms with E-state index in [0.29, 0.717) is 38.3 Å². The van der Waals surface area contributed by atoms with Gasteiger partial charge in [-0.2, -0.15) is 0 Å². The Bertz CT molecular complexity index is 1400. The quantitative estimate of drug-likeness (QED) is 0.201. The number of carbonyl (C=O) groups is 1. The fraction of sp³-hybridized carbons (Fsp3) is 0.300. The zero-order valence-electron chi connectivity index (χ0n) is 22.2. The summed E-state index contributed by atoms with van der Waals surface area (Å²) in [5.74, 6) is 2.21. The van der Waals surface area contributed by atoms with Gasteiger partial charge in [-0.3, -0.25) is 9.36 Å². The van der Waals surface area contributed by atoms with E-state index in [2.05, 4.69) is 46.0 Å². The first kappa shape index (κ1) is 26.7. The van der Waals surface area contributed by atoms with Crippen LogP contribution in [-0.2, 0) is 4.79 Å². The van der Waals surface area contributed by atoms with Crippen LogP contribution in [0.3, 0.4) is 0 Å². The van der Waals surface area contributed by atoms with Gasteiger partial charge < -0.3 is 14.5 Å². The summed E-state index contributed by atoms with van der Waals surface area (Å²) in [6.07, 6.45) is 1.19. The normalized spacial score (nSPS) is 13.5. The maximum absolute atomic E-state index is 14.1. The topological polar surface area (TPSA) is 63.5 Å². The fourth-order valence-electron chi connectivity index (χ4n) is 4.67. The van der Waals surface area contributed by atoms with Crippen LogP contribution in [0.15, 0.2) is 78.0 Å². The van der Waals surface area contributed by atoms with Crippen LogP contribution in [0.4, 0.5) is 10.1 Å². The van der Waals surface area contributed by atoms with Crippen molar-refractivity contribution in [2.75, 3.05) is 43.9 Å². The lowest BCUT2D eigenvalue weighted by Gasteiger charge is -2.36. The first-order valence-corrected chi connectivity index (χ1v) is 14.1. The molecule has 39 heavy (non-hydrogen) atoms. The molecule has 0 aliphatic carbocycles. The second-order valence-electron chi connectivity index (χ2n) is 9.48. The predicted octanol–water partition coefficient (Wildman–Crippen LogP) is 5.61. The minimum absolute atomic E-state index is 0.140. The minimum Gasteiger partial charge on any atom is -0.497 e. The van der Waals surface area contributed by atoms with Crippen molar-refractivity contribution in [1.29, 1.82) is 0 Å². The molecule has 1 amide bonds. The molecule has 7 nitrogen and oxygen atoms in total. The number of rotatable bonds is 9. The molecule has 0 bridgehead atoms. The van der Waals surface area contributed by atoms with Gasteiger partial charge in [0, 0.05) is 49.6 Å². The van der Waals surface area contributed by atoms with E-state index in [-0.39, 0.29) is 11.7 Å². The van der Waals surface area contributed by atoms with Gasteiger partial charge in [0.1, 0.15) is 11.6 Å². The molecular weight excluding hydrogens is 513 g/mol. The Morgan fingerprint density at radius 1 is 0.949 bits per heavy atom. The van der Waals surface area contributed by atoms with E-state index in [1.165, 1.54) is 11.6 Å². The number of halogens is 1. The third-order valence-electron chi connectivity index (χ3n) is 6.87. The summed E-state index contributed by atoms with van der Waals surface area (Å²) in [6, 6.07) is 22.9. The predicted molar refractivity (Wildman–Crippen MR) is 153 cm³/mol. The SMILES string of the molecule is COc1ccc(-n2c(SCCCC(=O)N3CCN(c4ccccc4F)CC3)nnc2-c2ccc(C)cc2)cc1. The largest absolute Gasteiger partial charge is 0.497 e. The molecule has 0 N–H and O–H groups in total. The van der Waals surface area contributed by atoms with Gasteiger partial charge in [0.15, 0.2) is 11.0 Å². The van der Waals surface area contributed by atoms with E-state index >= 15 is 0 Å². The maximum atomic E-state index is 14.1. The number of benzene rings is 3. The van der Waals surface area contributed by atoms with Gasteiger partial charge in [0.25, 0.3) is 0 Å². The lowest BCUT2D eigenvalue weighted by Crippen LogP contribution is -2.49. The van der Waals surface area contributed by atoms with Crippen molar-refractivity contribution in [3.8, 4) is 22.8 Å². The maximum Gasteiger partial charge on any atom is 0.222 e. The van der Waals surface area contributed by atoms with Gasteiger partial charge in [-0.1, -0.05) is 53.7 Å². The van der Waals surface area contributed by atoms with Crippen LogP contribution in [-0.4, -0.2) is 64.6 Å². The molecule has 0 spiro atoms. The van der Waals surface area contributed by atoms with Gasteiger partial charge in [-0.15, -0.1) is 10.2 Å². The monoisotopic (exact) mass is 545 g/mol. The Kier molecular flexibility index (Phi) is 8.46. The van der Waals surface area contributed by atoms with Crippen molar-refractivity contribution < 1.29 is 13.9 Å². The lowest BCUT2D eigenvalue weighted by atomic mass is 10.1. The van der Waals surface area contributed by atoms with E-state index in [9.17, 15) is 9.18 Å². The highest BCUT2D eigenvalue weighted by molar-refractivity contribution is 7.99. The zero-order chi connectivity index (χ0) is 27.2. The van der Waals surface area contributed by atoms with Crippen molar-refractivity contribution in [2.24, 2.45) is 0 Å². The van der Waals surface area contributed by atoms with Gasteiger partial charge in [0.05, 0.1) is 12.8 Å². The summed E-state index contributed by atoms with van der Waals surface area (Å²) in [6.45, 7) is 4.53. The molecule has 1 fully saturated rings. The molecule has 0 unspecified atom stereocenters. The third-order valence-corrected chi connectivity index (χ3v) is 7.88. The van der Waals surface area contributed by atoms with Crippen LogP contribution in [0.2, 0.25) is 0 Å². The number of aromatic nitrogens is 3. The summed E-state index contributed by atoms with van der Waals surface area (Å²) < 4.78 is 21.5. The van der Waals surface area contributed by atoms with Crippen molar-refractivity contribution in [3.63, 3.8) is 0 Å². The molecule has 202 valence electrons. The van der Waals surface area contributed by atoms with E-state index < -0.39 is 0 Å². The summed E-state index contributed by atoms with van der Waals surface area (Å²) in [4.78, 5) is 16.8. The van der Waals surface area contributed by atoms with Crippen LogP contribution in [0, 0.1) is 12.7 Å². The number of para-hydroxylation sites is 1. The number of aryl methyl sites for hydroxylation is 1. The molecule has 1 aliphatic rings. The average molecular weight is 546 g/mol. The summed E-state index contributed by atoms with van der Waals surface area (Å²) in [7, 11) is 1.65. The molecule has 9 heteroatoms. The molecule has 1 aromatic heterocycles. The Morgan fingerprint density at radius 2 is 1.67 bits per heavy atom. The van der Waals surface area contributed by atoms with E-state index in [0.717, 1.165) is 40.2 Å². The standard InChI is InChI=1S/C30H32FN5O2S/c1-22-9-11-23(12-10-22)29-32-33-30(36(29)24-13-15-25(38-2)16-14-24)39-21-5-8-28(37)35-19-17-34(18-20-35)27-7-4-3-6-26(27)31/h3-4,6-7,9-16H,5,8,17-21H2,1-2H3. The number of piperazine rings is 1. The average Bonchev–Trinajstić information content (AvgIpc) is 3.40. The van der Waals surface area contributed by atoms with E-state index in [1.54, 1.807) is 31.0 Å². The molecule has 0 atom stereocenters. The van der Waals surface area contributed by atoms with Crippen LogP contribution in [0.25, 0.3) is 17.1 Å². The Morgan fingerprint density at radius 3 is 2.36 bits per heavy atom. The zero-order valence-corrected chi connectivity index (χ0v) is 23.0. The molecule has 3 aromatic carbocycles. The molecule has 4 aromatic rings. The van der Waals surface area contributed by atoms with Crippen LogP contribution in [0.1, 0.15) is 18.4 Å². The molecular formula is C30H32FN5O2S. The van der Waals surface area contributed by atoms with Gasteiger partial charge in [0.2, 0.25) is 5.91 Å². The number of hydrogen-bond donors (Lipinski definition) is 0. The van der Waals surface area contributed by atoms with Gasteiger partial charge >= 0.3 is 0 Å². The first-order valence-electron chi connectivity index (χ1n) is 13.1. The number of nitrogens with zero attached hydrogens (tertiary/aromatic N) is 5. The summed E-state index contributed by atoms with van der Waals surface area (Å²) in [5, 5.41) is 9.79. The van der Waals surface area contributed by atoms with Crippen LogP contribution in [0.5, 0.6) is 5.75 Å². The van der Waals surface area contributed by atoms with Crippen LogP contribution >= 0.6 is 11.8 Å². The third kappa shape index (κ3) is 6.25. The molecule has 0 radical (unpaired) electrons. The minimum atomic E-state index is -0.220. The number of amides is 1. The van der Waals surface area contributed by atoms with Crippen molar-refractivity contribution in [3.05, 3.63) is 84.2 Å². The second-order valence-corrected chi connectivity index (χ2v) is 10.5. The lowest BCUT2D eigenvalue weighted by molar-refractivity contribution is -0.131. The highest BCUT2D eigenvalue weighted by Crippen LogP contribution is 2.30. The first-order chi connectivity index (χ1) is 19.0. The van der Waals surface area contributed by atoms with E-state index in [4.69, 9.17) is 4.74 Å². The van der Waals surface area contributed by atoms with Crippen LogP contribution < -0.4 is 9.64 Å². The number of ether oxygens (including phenoxy) is 1. The summed E-state index contributed by atoms with van der Waals surface area (Å²) >= 11 is 1.60. The summed E-state index contributed by atoms with van der Waals surface area (Å²) in [5.41, 5.74) is 3.72. The van der Waals surface area contributed by atoms with Gasteiger partial charge in [-0.25, -0.2) is 4.39 Å². The number of methoxy groups -OCH3 is 1. The molecule has 2 heterocycles. The molecule has 1 saturated heterocycles. The Labute approximate surface area is 232 Å². The smallest absolute Gasteiger partial charge is 0.222 e. The molecule has 0 saturated carbocycles. The number of hydrogen-bond acceptors (Lipinski definition) is 6. The molecule has 1 aliphatic heterocycles. The van der Waals surface area contributed by atoms with Gasteiger partial charge in [-0.05, 0) is 49.7 Å². The Balaban J connectivity index is 1.20. The fourth-order valence-corrected chi connectivity index (χ4v) is 5.56. The van der Waals surface area contributed by atoms with Crippen molar-refractivity contribution >= 4 is 23.4 Å². The van der Waals surface area contributed by atoms with Crippen molar-refractivity contribution in [2.45, 2.75) is 24.9 Å². The number of anilines is 1. The molecule has 5 rings (SSSR count). The van der Waals surface area contributed by atoms with E-state index in [1.807, 2.05) is 40.1 Å².